The van der Waals surface area contributed by atoms with Crippen molar-refractivity contribution in [3.63, 3.8) is 0 Å². The maximum atomic E-state index is 4.06. The van der Waals surface area contributed by atoms with Crippen molar-refractivity contribution in [1.29, 1.82) is 0 Å². The summed E-state index contributed by atoms with van der Waals surface area (Å²) in [6.07, 6.45) is 5.74. The maximum Gasteiger partial charge on any atom is 0.0636 e. The first-order valence-electron chi connectivity index (χ1n) is 4.25. The summed E-state index contributed by atoms with van der Waals surface area (Å²) in [6.45, 7) is 6.04. The Morgan fingerprint density at radius 3 is 2.67 bits per heavy atom. The lowest BCUT2D eigenvalue weighted by molar-refractivity contribution is 1.06. The van der Waals surface area contributed by atoms with Gasteiger partial charge in [0.1, 0.15) is 0 Å². The van der Waals surface area contributed by atoms with Gasteiger partial charge in [0.2, 0.25) is 0 Å². The molecule has 0 radical (unpaired) electrons. The zero-order chi connectivity index (χ0) is 8.97. The molecule has 0 aromatic carbocycles. The van der Waals surface area contributed by atoms with Crippen LogP contribution in [0.25, 0.3) is 5.52 Å². The van der Waals surface area contributed by atoms with Crippen LogP contribution in [0.4, 0.5) is 0 Å². The molecule has 0 amide bonds. The molecule has 0 N–H and O–H groups in total. The minimum atomic E-state index is 1.15. The zero-order valence-corrected chi connectivity index (χ0v) is 7.78. The number of nitrogens with zero attached hydrogens (tertiary/aromatic N) is 2. The summed E-state index contributed by atoms with van der Waals surface area (Å²) in [5.41, 5.74) is 2.32. The smallest absolute Gasteiger partial charge is 0.0636 e. The van der Waals surface area contributed by atoms with Gasteiger partial charge < -0.3 is 4.40 Å². The van der Waals surface area contributed by atoms with Crippen molar-refractivity contribution in [2.45, 2.75) is 20.8 Å². The molecule has 64 valence electrons. The van der Waals surface area contributed by atoms with Gasteiger partial charge in [-0.05, 0) is 19.1 Å². The van der Waals surface area contributed by atoms with E-state index >= 15 is 0 Å². The molecule has 0 spiro atoms. The Labute approximate surface area is 72.9 Å². The Kier molecular flexibility index (Phi) is 2.86. The van der Waals surface area contributed by atoms with Gasteiger partial charge in [-0.3, -0.25) is 4.98 Å². The van der Waals surface area contributed by atoms with Gasteiger partial charge in [0.25, 0.3) is 0 Å². The summed E-state index contributed by atoms with van der Waals surface area (Å²) < 4.78 is 2.10. The van der Waals surface area contributed by atoms with E-state index < -0.39 is 0 Å². The molecule has 0 aliphatic rings. The molecule has 0 aliphatic carbocycles. The van der Waals surface area contributed by atoms with Gasteiger partial charge >= 0.3 is 0 Å². The van der Waals surface area contributed by atoms with Crippen LogP contribution in [0.3, 0.4) is 0 Å². The molecule has 2 nitrogen and oxygen atoms in total. The summed E-state index contributed by atoms with van der Waals surface area (Å²) in [5, 5.41) is 0. The normalized spacial score (nSPS) is 9.25. The van der Waals surface area contributed by atoms with Crippen molar-refractivity contribution < 1.29 is 0 Å². The Hall–Kier alpha value is -1.31. The van der Waals surface area contributed by atoms with E-state index in [1.54, 1.807) is 0 Å². The SMILES string of the molecule is CC.Cc1cncc2cccn12. The standard InChI is InChI=1S/C8H8N2.C2H6/c1-7-5-9-6-8-3-2-4-10(7)8;1-2/h2-6H,1H3;1-2H3. The lowest BCUT2D eigenvalue weighted by atomic mass is 10.5. The number of aryl methyl sites for hydroxylation is 1. The summed E-state index contributed by atoms with van der Waals surface area (Å²) in [7, 11) is 0. The van der Waals surface area contributed by atoms with Gasteiger partial charge in [0.15, 0.2) is 0 Å². The molecule has 2 aromatic heterocycles. The molecular weight excluding hydrogens is 148 g/mol. The molecule has 0 fully saturated rings. The molecule has 2 heteroatoms. The topological polar surface area (TPSA) is 17.3 Å². The van der Waals surface area contributed by atoms with E-state index in [9.17, 15) is 0 Å². The first-order valence-corrected chi connectivity index (χ1v) is 4.25. The van der Waals surface area contributed by atoms with Crippen LogP contribution in [0.2, 0.25) is 0 Å². The van der Waals surface area contributed by atoms with Gasteiger partial charge in [0.05, 0.1) is 11.7 Å². The van der Waals surface area contributed by atoms with Crippen molar-refractivity contribution in [3.05, 3.63) is 36.4 Å². The van der Waals surface area contributed by atoms with E-state index in [1.165, 1.54) is 5.69 Å². The van der Waals surface area contributed by atoms with Crippen molar-refractivity contribution >= 4 is 5.52 Å². The molecule has 2 rings (SSSR count). The Morgan fingerprint density at radius 1 is 1.25 bits per heavy atom. The van der Waals surface area contributed by atoms with E-state index in [4.69, 9.17) is 0 Å². The monoisotopic (exact) mass is 162 g/mol. The van der Waals surface area contributed by atoms with Gasteiger partial charge in [-0.15, -0.1) is 0 Å². The Balaban J connectivity index is 0.000000336. The van der Waals surface area contributed by atoms with Crippen LogP contribution in [0.5, 0.6) is 0 Å². The highest BCUT2D eigenvalue weighted by atomic mass is 14.9. The minimum absolute atomic E-state index is 1.15. The van der Waals surface area contributed by atoms with Crippen LogP contribution in [-0.2, 0) is 0 Å². The molecular formula is C10H14N2. The van der Waals surface area contributed by atoms with E-state index in [-0.39, 0.29) is 0 Å². The molecule has 0 aliphatic heterocycles. The van der Waals surface area contributed by atoms with Crippen molar-refractivity contribution in [2.75, 3.05) is 0 Å². The molecule has 0 saturated heterocycles. The zero-order valence-electron chi connectivity index (χ0n) is 7.78. The largest absolute Gasteiger partial charge is 0.318 e. The van der Waals surface area contributed by atoms with Crippen LogP contribution < -0.4 is 0 Å². The third-order valence-corrected chi connectivity index (χ3v) is 1.63. The van der Waals surface area contributed by atoms with Crippen LogP contribution in [0.1, 0.15) is 19.5 Å². The minimum Gasteiger partial charge on any atom is -0.318 e. The summed E-state index contributed by atoms with van der Waals surface area (Å²) in [6, 6.07) is 4.06. The number of fused-ring (bicyclic) bond motifs is 1. The van der Waals surface area contributed by atoms with Crippen LogP contribution in [0, 0.1) is 6.92 Å². The fourth-order valence-electron chi connectivity index (χ4n) is 1.10. The average Bonchev–Trinajstić information content (AvgIpc) is 2.57. The average molecular weight is 162 g/mol. The van der Waals surface area contributed by atoms with Crippen LogP contribution >= 0.6 is 0 Å². The first kappa shape index (κ1) is 8.78. The van der Waals surface area contributed by atoms with Crippen LogP contribution in [0.15, 0.2) is 30.7 Å². The fraction of sp³-hybridized carbons (Fsp3) is 0.300. The molecule has 2 aromatic rings. The highest BCUT2D eigenvalue weighted by molar-refractivity contribution is 5.45. The van der Waals surface area contributed by atoms with Gasteiger partial charge in [-0.1, -0.05) is 13.8 Å². The number of aromatic nitrogens is 2. The van der Waals surface area contributed by atoms with Crippen molar-refractivity contribution in [2.24, 2.45) is 0 Å². The van der Waals surface area contributed by atoms with E-state index in [0.29, 0.717) is 0 Å². The molecule has 2 heterocycles. The third kappa shape index (κ3) is 1.47. The summed E-state index contributed by atoms with van der Waals surface area (Å²) >= 11 is 0. The molecule has 0 unspecified atom stereocenters. The van der Waals surface area contributed by atoms with Crippen molar-refractivity contribution in [1.82, 2.24) is 9.38 Å². The molecule has 12 heavy (non-hydrogen) atoms. The predicted molar refractivity (Wildman–Crippen MR) is 51.3 cm³/mol. The van der Waals surface area contributed by atoms with Gasteiger partial charge in [0, 0.05) is 18.1 Å². The van der Waals surface area contributed by atoms with Crippen LogP contribution in [-0.4, -0.2) is 9.38 Å². The quantitative estimate of drug-likeness (QED) is 0.582. The van der Waals surface area contributed by atoms with E-state index in [2.05, 4.69) is 9.38 Å². The predicted octanol–water partition coefficient (Wildman–Crippen LogP) is 2.67. The second-order valence-corrected chi connectivity index (χ2v) is 2.35. The number of rotatable bonds is 0. The van der Waals surface area contributed by atoms with Crippen molar-refractivity contribution in [3.8, 4) is 0 Å². The highest BCUT2D eigenvalue weighted by Gasteiger charge is 1.91. The lowest BCUT2D eigenvalue weighted by Crippen LogP contribution is -1.88. The third-order valence-electron chi connectivity index (χ3n) is 1.63. The number of hydrogen-bond donors (Lipinski definition) is 0. The highest BCUT2D eigenvalue weighted by Crippen LogP contribution is 2.04. The second kappa shape index (κ2) is 3.90. The second-order valence-electron chi connectivity index (χ2n) is 2.35. The molecule has 0 atom stereocenters. The lowest BCUT2D eigenvalue weighted by Gasteiger charge is -1.96. The summed E-state index contributed by atoms with van der Waals surface area (Å²) in [4.78, 5) is 4.06. The first-order chi connectivity index (χ1) is 5.88. The van der Waals surface area contributed by atoms with E-state index in [1.807, 2.05) is 51.5 Å². The maximum absolute atomic E-state index is 4.06. The summed E-state index contributed by atoms with van der Waals surface area (Å²) in [5.74, 6) is 0. The van der Waals surface area contributed by atoms with Gasteiger partial charge in [-0.2, -0.15) is 0 Å². The Morgan fingerprint density at radius 2 is 2.00 bits per heavy atom. The molecule has 0 bridgehead atoms. The Bertz CT molecular complexity index is 349. The van der Waals surface area contributed by atoms with E-state index in [0.717, 1.165) is 5.52 Å². The fourth-order valence-corrected chi connectivity index (χ4v) is 1.10. The van der Waals surface area contributed by atoms with Gasteiger partial charge in [-0.25, -0.2) is 0 Å². The number of hydrogen-bond acceptors (Lipinski definition) is 1. The molecule has 0 saturated carbocycles.